The summed E-state index contributed by atoms with van der Waals surface area (Å²) in [7, 11) is 0. The number of unbranched alkanes of at least 4 members (excludes halogenated alkanes) is 1. The molecule has 0 aliphatic carbocycles. The van der Waals surface area contributed by atoms with Gasteiger partial charge in [0.05, 0.1) is 13.2 Å². The summed E-state index contributed by atoms with van der Waals surface area (Å²) < 4.78 is 11.5. The van der Waals surface area contributed by atoms with Gasteiger partial charge in [0.2, 0.25) is 0 Å². The van der Waals surface area contributed by atoms with Crippen molar-refractivity contribution in [2.75, 3.05) is 13.2 Å². The number of Topliss-reactive ketones (excluding diaryl/α,β-unsaturated/α-hetero) is 1. The van der Waals surface area contributed by atoms with Crippen molar-refractivity contribution in [3.63, 3.8) is 0 Å². The van der Waals surface area contributed by atoms with E-state index in [0.717, 1.165) is 29.9 Å². The molecule has 0 N–H and O–H groups in total. The van der Waals surface area contributed by atoms with Crippen molar-refractivity contribution in [3.8, 4) is 11.5 Å². The van der Waals surface area contributed by atoms with E-state index in [1.165, 1.54) is 0 Å². The van der Waals surface area contributed by atoms with Crippen molar-refractivity contribution >= 4 is 5.78 Å². The van der Waals surface area contributed by atoms with Gasteiger partial charge in [0.1, 0.15) is 5.69 Å². The van der Waals surface area contributed by atoms with Gasteiger partial charge in [-0.1, -0.05) is 25.5 Å². The summed E-state index contributed by atoms with van der Waals surface area (Å²) in [5.41, 5.74) is 1.58. The topological polar surface area (TPSA) is 48.4 Å². The minimum absolute atomic E-state index is 0.0526. The molecule has 4 heteroatoms. The SMILES string of the molecule is CCCCOc1ccc(CCC(=O)c2ccccn2)cc1OCC. The number of nitrogens with zero attached hydrogens (tertiary/aromatic N) is 1. The molecule has 0 unspecified atom stereocenters. The number of carbonyl (C=O) groups excluding carboxylic acids is 1. The average molecular weight is 327 g/mol. The molecule has 0 radical (unpaired) electrons. The van der Waals surface area contributed by atoms with E-state index in [2.05, 4.69) is 11.9 Å². The second-order valence-corrected chi connectivity index (χ2v) is 5.55. The highest BCUT2D eigenvalue weighted by Crippen LogP contribution is 2.29. The number of hydrogen-bond donors (Lipinski definition) is 0. The first kappa shape index (κ1) is 18.0. The van der Waals surface area contributed by atoms with E-state index < -0.39 is 0 Å². The Balaban J connectivity index is 1.99. The Bertz CT molecular complexity index is 641. The maximum Gasteiger partial charge on any atom is 0.181 e. The Morgan fingerprint density at radius 2 is 1.96 bits per heavy atom. The van der Waals surface area contributed by atoms with Crippen LogP contribution in [0.25, 0.3) is 0 Å². The zero-order valence-corrected chi connectivity index (χ0v) is 14.5. The summed E-state index contributed by atoms with van der Waals surface area (Å²) in [6.45, 7) is 5.36. The third-order valence-electron chi connectivity index (χ3n) is 3.65. The van der Waals surface area contributed by atoms with E-state index in [1.807, 2.05) is 37.3 Å². The summed E-state index contributed by atoms with van der Waals surface area (Å²) in [5.74, 6) is 1.57. The Morgan fingerprint density at radius 1 is 1.08 bits per heavy atom. The first-order valence-corrected chi connectivity index (χ1v) is 8.57. The van der Waals surface area contributed by atoms with Crippen molar-refractivity contribution in [2.24, 2.45) is 0 Å². The zero-order chi connectivity index (χ0) is 17.2. The summed E-state index contributed by atoms with van der Waals surface area (Å²) in [6.07, 6.45) is 4.84. The molecule has 0 aliphatic rings. The van der Waals surface area contributed by atoms with Crippen LogP contribution < -0.4 is 9.47 Å². The van der Waals surface area contributed by atoms with Crippen LogP contribution in [0.3, 0.4) is 0 Å². The predicted octanol–water partition coefficient (Wildman–Crippen LogP) is 4.47. The molecule has 0 bridgehead atoms. The summed E-state index contributed by atoms with van der Waals surface area (Å²) in [4.78, 5) is 16.3. The monoisotopic (exact) mass is 327 g/mol. The molecule has 24 heavy (non-hydrogen) atoms. The Hall–Kier alpha value is -2.36. The molecule has 0 atom stereocenters. The van der Waals surface area contributed by atoms with Crippen LogP contribution in [-0.4, -0.2) is 24.0 Å². The molecule has 1 aromatic heterocycles. The molecule has 1 heterocycles. The van der Waals surface area contributed by atoms with Crippen LogP contribution in [0.15, 0.2) is 42.6 Å². The normalized spacial score (nSPS) is 10.4. The van der Waals surface area contributed by atoms with Gasteiger partial charge in [-0.3, -0.25) is 9.78 Å². The third kappa shape index (κ3) is 5.37. The lowest BCUT2D eigenvalue weighted by atomic mass is 10.1. The van der Waals surface area contributed by atoms with Crippen molar-refractivity contribution in [2.45, 2.75) is 39.5 Å². The highest BCUT2D eigenvalue weighted by molar-refractivity contribution is 5.94. The summed E-state index contributed by atoms with van der Waals surface area (Å²) in [5, 5.41) is 0. The number of hydrogen-bond acceptors (Lipinski definition) is 4. The molecule has 0 spiro atoms. The minimum Gasteiger partial charge on any atom is -0.490 e. The van der Waals surface area contributed by atoms with Gasteiger partial charge < -0.3 is 9.47 Å². The fourth-order valence-electron chi connectivity index (χ4n) is 2.34. The predicted molar refractivity (Wildman–Crippen MR) is 94.9 cm³/mol. The third-order valence-corrected chi connectivity index (χ3v) is 3.65. The molecule has 0 saturated carbocycles. The van der Waals surface area contributed by atoms with Gasteiger partial charge in [-0.15, -0.1) is 0 Å². The molecule has 2 rings (SSSR count). The molecule has 0 fully saturated rings. The first-order valence-electron chi connectivity index (χ1n) is 8.57. The minimum atomic E-state index is 0.0526. The number of benzene rings is 1. The van der Waals surface area contributed by atoms with Gasteiger partial charge in [-0.05, 0) is 49.6 Å². The lowest BCUT2D eigenvalue weighted by Gasteiger charge is -2.13. The lowest BCUT2D eigenvalue weighted by Crippen LogP contribution is -2.04. The van der Waals surface area contributed by atoms with E-state index in [9.17, 15) is 4.79 Å². The van der Waals surface area contributed by atoms with E-state index in [-0.39, 0.29) is 5.78 Å². The number of pyridine rings is 1. The van der Waals surface area contributed by atoms with Crippen molar-refractivity contribution in [1.82, 2.24) is 4.98 Å². The van der Waals surface area contributed by atoms with Crippen LogP contribution in [0.4, 0.5) is 0 Å². The lowest BCUT2D eigenvalue weighted by molar-refractivity contribution is 0.0978. The number of carbonyl (C=O) groups is 1. The Morgan fingerprint density at radius 3 is 2.67 bits per heavy atom. The quantitative estimate of drug-likeness (QED) is 0.477. The van der Waals surface area contributed by atoms with Gasteiger partial charge in [0, 0.05) is 12.6 Å². The van der Waals surface area contributed by atoms with Crippen molar-refractivity contribution in [3.05, 3.63) is 53.9 Å². The van der Waals surface area contributed by atoms with E-state index in [1.54, 1.807) is 12.3 Å². The van der Waals surface area contributed by atoms with Crippen LogP contribution in [0.1, 0.15) is 49.2 Å². The fourth-order valence-corrected chi connectivity index (χ4v) is 2.34. The average Bonchev–Trinajstić information content (AvgIpc) is 2.62. The van der Waals surface area contributed by atoms with Gasteiger partial charge in [0.25, 0.3) is 0 Å². The Labute approximate surface area is 143 Å². The highest BCUT2D eigenvalue weighted by Gasteiger charge is 2.10. The Kier molecular flexibility index (Phi) is 7.27. The summed E-state index contributed by atoms with van der Waals surface area (Å²) >= 11 is 0. The maximum absolute atomic E-state index is 12.2. The molecular formula is C20H25NO3. The van der Waals surface area contributed by atoms with Crippen LogP contribution in [0.2, 0.25) is 0 Å². The van der Waals surface area contributed by atoms with Gasteiger partial charge in [-0.2, -0.15) is 0 Å². The van der Waals surface area contributed by atoms with Crippen LogP contribution in [-0.2, 0) is 6.42 Å². The smallest absolute Gasteiger partial charge is 0.181 e. The second-order valence-electron chi connectivity index (χ2n) is 5.55. The maximum atomic E-state index is 12.2. The van der Waals surface area contributed by atoms with E-state index >= 15 is 0 Å². The van der Waals surface area contributed by atoms with Crippen LogP contribution in [0, 0.1) is 0 Å². The molecule has 0 saturated heterocycles. The van der Waals surface area contributed by atoms with Gasteiger partial charge in [0.15, 0.2) is 17.3 Å². The molecule has 0 aliphatic heterocycles. The molecule has 4 nitrogen and oxygen atoms in total. The summed E-state index contributed by atoms with van der Waals surface area (Å²) in [6, 6.07) is 11.3. The zero-order valence-electron chi connectivity index (χ0n) is 14.5. The molecule has 128 valence electrons. The molecule has 0 amide bonds. The number of ketones is 1. The van der Waals surface area contributed by atoms with Gasteiger partial charge >= 0.3 is 0 Å². The fraction of sp³-hybridized carbons (Fsp3) is 0.400. The number of rotatable bonds is 10. The van der Waals surface area contributed by atoms with E-state index in [4.69, 9.17) is 9.47 Å². The molecular weight excluding hydrogens is 302 g/mol. The standard InChI is InChI=1S/C20H25NO3/c1-3-5-14-24-19-12-10-16(15-20(19)23-4-2)9-11-18(22)17-8-6-7-13-21-17/h6-8,10,12-13,15H,3-5,9,11,14H2,1-2H3. The van der Waals surface area contributed by atoms with Gasteiger partial charge in [-0.25, -0.2) is 0 Å². The number of aromatic nitrogens is 1. The van der Waals surface area contributed by atoms with Crippen LogP contribution in [0.5, 0.6) is 11.5 Å². The van der Waals surface area contributed by atoms with E-state index in [0.29, 0.717) is 31.7 Å². The largest absolute Gasteiger partial charge is 0.490 e. The van der Waals surface area contributed by atoms with Crippen LogP contribution >= 0.6 is 0 Å². The van der Waals surface area contributed by atoms with Crippen molar-refractivity contribution in [1.29, 1.82) is 0 Å². The molecule has 2 aromatic rings. The number of aryl methyl sites for hydroxylation is 1. The highest BCUT2D eigenvalue weighted by atomic mass is 16.5. The first-order chi connectivity index (χ1) is 11.7. The molecule has 1 aromatic carbocycles. The second kappa shape index (κ2) is 9.71. The van der Waals surface area contributed by atoms with Crippen molar-refractivity contribution < 1.29 is 14.3 Å². The number of ether oxygens (including phenoxy) is 2.